The molecule has 0 radical (unpaired) electrons. The summed E-state index contributed by atoms with van der Waals surface area (Å²) in [6.45, 7) is 14.0. The lowest BCUT2D eigenvalue weighted by molar-refractivity contribution is -0.135. The number of hydrogen-bond acceptors (Lipinski definition) is 4. The first-order valence-electron chi connectivity index (χ1n) is 12.1. The molecular formula is C27H37NO4S. The fourth-order valence-corrected chi connectivity index (χ4v) is 6.55. The summed E-state index contributed by atoms with van der Waals surface area (Å²) >= 11 is 1.08. The van der Waals surface area contributed by atoms with E-state index in [1.165, 1.54) is 4.90 Å². The van der Waals surface area contributed by atoms with Gasteiger partial charge in [-0.05, 0) is 71.3 Å². The van der Waals surface area contributed by atoms with Gasteiger partial charge in [0.25, 0.3) is 0 Å². The maximum Gasteiger partial charge on any atom is 0.348 e. The molecule has 1 aromatic rings. The molecule has 1 aromatic heterocycles. The molecule has 2 aliphatic rings. The third-order valence-corrected chi connectivity index (χ3v) is 8.57. The standard InChI is InChI=1S/C27H37NO4S/c1-8-20-17(3)22(29)18(4)28(25(32)27(20)13-9-16(2)10-14-27)21-15-19(11-12-26(5,6)7)33-23(21)24(30)31/h15-18,20H,8-10,13-14H2,1-7H3,(H,30,31). The number of nitrogens with zero attached hydrogens (tertiary/aromatic N) is 1. The first kappa shape index (κ1) is 25.5. The summed E-state index contributed by atoms with van der Waals surface area (Å²) in [6.07, 6.45) is 4.14. The van der Waals surface area contributed by atoms with Gasteiger partial charge in [-0.15, -0.1) is 11.3 Å². The molecule has 3 unspecified atom stereocenters. The Morgan fingerprint density at radius 1 is 1.21 bits per heavy atom. The summed E-state index contributed by atoms with van der Waals surface area (Å²) in [5, 5.41) is 9.97. The van der Waals surface area contributed by atoms with Crippen LogP contribution in [0, 0.1) is 40.4 Å². The third kappa shape index (κ3) is 4.75. The van der Waals surface area contributed by atoms with Crippen LogP contribution in [0.5, 0.6) is 0 Å². The van der Waals surface area contributed by atoms with Crippen molar-refractivity contribution in [2.45, 2.75) is 86.6 Å². The second-order valence-electron chi connectivity index (χ2n) is 11.0. The van der Waals surface area contributed by atoms with E-state index >= 15 is 0 Å². The fraction of sp³-hybridized carbons (Fsp3) is 0.667. The highest BCUT2D eigenvalue weighted by molar-refractivity contribution is 7.15. The van der Waals surface area contributed by atoms with E-state index in [9.17, 15) is 19.5 Å². The number of carboxylic acid groups (broad SMARTS) is 1. The van der Waals surface area contributed by atoms with Crippen molar-refractivity contribution >= 4 is 34.7 Å². The summed E-state index contributed by atoms with van der Waals surface area (Å²) in [7, 11) is 0. The molecule has 2 fully saturated rings. The van der Waals surface area contributed by atoms with Crippen LogP contribution in [0.2, 0.25) is 0 Å². The van der Waals surface area contributed by atoms with Crippen molar-refractivity contribution in [1.82, 2.24) is 0 Å². The van der Waals surface area contributed by atoms with Crippen LogP contribution in [0.3, 0.4) is 0 Å². The molecule has 3 atom stereocenters. The van der Waals surface area contributed by atoms with Gasteiger partial charge >= 0.3 is 5.97 Å². The number of hydrogen-bond donors (Lipinski definition) is 1. The monoisotopic (exact) mass is 471 g/mol. The molecule has 1 amide bonds. The van der Waals surface area contributed by atoms with Crippen LogP contribution in [-0.2, 0) is 9.59 Å². The van der Waals surface area contributed by atoms with Crippen LogP contribution >= 0.6 is 11.3 Å². The minimum Gasteiger partial charge on any atom is -0.477 e. The lowest BCUT2D eigenvalue weighted by Gasteiger charge is -2.45. The molecule has 3 rings (SSSR count). The number of ketones is 1. The van der Waals surface area contributed by atoms with E-state index in [1.54, 1.807) is 13.0 Å². The first-order valence-corrected chi connectivity index (χ1v) is 12.9. The van der Waals surface area contributed by atoms with Gasteiger partial charge in [0.2, 0.25) is 5.91 Å². The van der Waals surface area contributed by atoms with Gasteiger partial charge in [0.05, 0.1) is 22.0 Å². The summed E-state index contributed by atoms with van der Waals surface area (Å²) in [5.74, 6) is 5.33. The zero-order chi connectivity index (χ0) is 24.7. The van der Waals surface area contributed by atoms with Crippen LogP contribution in [0.15, 0.2) is 6.07 Å². The molecule has 1 saturated carbocycles. The molecule has 0 bridgehead atoms. The summed E-state index contributed by atoms with van der Waals surface area (Å²) in [4.78, 5) is 42.2. The Morgan fingerprint density at radius 3 is 2.33 bits per heavy atom. The van der Waals surface area contributed by atoms with E-state index in [4.69, 9.17) is 0 Å². The zero-order valence-electron chi connectivity index (χ0n) is 20.9. The molecule has 0 aromatic carbocycles. The number of carbonyl (C=O) groups is 3. The number of carbonyl (C=O) groups excluding carboxylic acids is 2. The molecule has 1 N–H and O–H groups in total. The van der Waals surface area contributed by atoms with Gasteiger partial charge in [-0.1, -0.05) is 39.0 Å². The Kier molecular flexibility index (Phi) is 7.15. The van der Waals surface area contributed by atoms with E-state index in [0.29, 0.717) is 16.5 Å². The summed E-state index contributed by atoms with van der Waals surface area (Å²) < 4.78 is 0. The lowest BCUT2D eigenvalue weighted by atomic mass is 9.59. The van der Waals surface area contributed by atoms with E-state index in [0.717, 1.165) is 43.4 Å². The normalized spacial score (nSPS) is 30.7. The van der Waals surface area contributed by atoms with Crippen molar-refractivity contribution in [1.29, 1.82) is 0 Å². The molecule has 180 valence electrons. The second-order valence-corrected chi connectivity index (χ2v) is 12.1. The van der Waals surface area contributed by atoms with Gasteiger partial charge < -0.3 is 5.11 Å². The number of aromatic carboxylic acids is 1. The maximum absolute atomic E-state index is 14.4. The van der Waals surface area contributed by atoms with Crippen LogP contribution in [-0.4, -0.2) is 28.8 Å². The fourth-order valence-electron chi connectivity index (χ4n) is 5.71. The van der Waals surface area contributed by atoms with E-state index in [2.05, 4.69) is 25.7 Å². The minimum atomic E-state index is -1.10. The minimum absolute atomic E-state index is 0.00978. The third-order valence-electron chi connectivity index (χ3n) is 7.54. The highest BCUT2D eigenvalue weighted by Gasteiger charge is 2.56. The zero-order valence-corrected chi connectivity index (χ0v) is 21.8. The lowest BCUT2D eigenvalue weighted by Crippen LogP contribution is -2.51. The molecule has 6 heteroatoms. The summed E-state index contributed by atoms with van der Waals surface area (Å²) in [5.41, 5.74) is -0.545. The predicted octanol–water partition coefficient (Wildman–Crippen LogP) is 6.01. The highest BCUT2D eigenvalue weighted by atomic mass is 32.1. The number of carboxylic acids is 1. The number of Topliss-reactive ketones (excluding diaryl/α,β-unsaturated/α-hetero) is 1. The summed E-state index contributed by atoms with van der Waals surface area (Å²) in [6, 6.07) is 0.987. The highest BCUT2D eigenvalue weighted by Crippen LogP contribution is 2.53. The Balaban J connectivity index is 2.19. The smallest absolute Gasteiger partial charge is 0.348 e. The Hall–Kier alpha value is -2.13. The molecule has 1 saturated heterocycles. The Bertz CT molecular complexity index is 998. The molecule has 5 nitrogen and oxygen atoms in total. The molecule has 2 heterocycles. The van der Waals surface area contributed by atoms with Crippen molar-refractivity contribution in [3.63, 3.8) is 0 Å². The largest absolute Gasteiger partial charge is 0.477 e. The van der Waals surface area contributed by atoms with Crippen molar-refractivity contribution in [2.24, 2.45) is 28.6 Å². The van der Waals surface area contributed by atoms with Crippen LogP contribution in [0.1, 0.15) is 95.1 Å². The van der Waals surface area contributed by atoms with Crippen molar-refractivity contribution in [2.75, 3.05) is 4.90 Å². The van der Waals surface area contributed by atoms with Gasteiger partial charge in [-0.2, -0.15) is 0 Å². The van der Waals surface area contributed by atoms with Crippen molar-refractivity contribution < 1.29 is 19.5 Å². The van der Waals surface area contributed by atoms with Crippen molar-refractivity contribution in [3.8, 4) is 11.8 Å². The van der Waals surface area contributed by atoms with Crippen LogP contribution in [0.25, 0.3) is 0 Å². The predicted molar refractivity (Wildman–Crippen MR) is 133 cm³/mol. The van der Waals surface area contributed by atoms with Gasteiger partial charge in [-0.3, -0.25) is 14.5 Å². The average molecular weight is 472 g/mol. The Labute approximate surface area is 201 Å². The van der Waals surface area contributed by atoms with E-state index < -0.39 is 17.4 Å². The quantitative estimate of drug-likeness (QED) is 0.548. The average Bonchev–Trinajstić information content (AvgIpc) is 3.15. The van der Waals surface area contributed by atoms with E-state index in [1.807, 2.05) is 27.7 Å². The topological polar surface area (TPSA) is 74.7 Å². The van der Waals surface area contributed by atoms with E-state index in [-0.39, 0.29) is 33.8 Å². The molecule has 1 aliphatic carbocycles. The van der Waals surface area contributed by atoms with Gasteiger partial charge in [0.15, 0.2) is 5.78 Å². The molecule has 1 aliphatic heterocycles. The van der Waals surface area contributed by atoms with Gasteiger partial charge in [0.1, 0.15) is 4.88 Å². The molecule has 1 spiro atoms. The second kappa shape index (κ2) is 9.25. The number of thiophene rings is 1. The maximum atomic E-state index is 14.4. The molecular weight excluding hydrogens is 434 g/mol. The SMILES string of the molecule is CCC1C(C)C(=O)C(C)N(c2cc(C#CC(C)(C)C)sc2C(=O)O)C(=O)C12CCC(C)CC2. The molecule has 33 heavy (non-hydrogen) atoms. The van der Waals surface area contributed by atoms with Crippen molar-refractivity contribution in [3.05, 3.63) is 15.8 Å². The van der Waals surface area contributed by atoms with Gasteiger partial charge in [-0.25, -0.2) is 4.79 Å². The number of amides is 1. The van der Waals surface area contributed by atoms with Crippen LogP contribution in [0.4, 0.5) is 5.69 Å². The number of rotatable bonds is 3. The first-order chi connectivity index (χ1) is 15.3. The Morgan fingerprint density at radius 2 is 1.82 bits per heavy atom. The van der Waals surface area contributed by atoms with Gasteiger partial charge in [0, 0.05) is 11.3 Å². The number of anilines is 1. The van der Waals surface area contributed by atoms with Crippen LogP contribution < -0.4 is 4.90 Å².